The zero-order valence-corrected chi connectivity index (χ0v) is 19.5. The molecule has 2 heterocycles. The van der Waals surface area contributed by atoms with Crippen LogP contribution in [0.3, 0.4) is 0 Å². The number of aliphatic hydroxyl groups is 1. The molecule has 0 amide bonds. The maximum atomic E-state index is 12.4. The van der Waals surface area contributed by atoms with E-state index in [0.29, 0.717) is 29.2 Å². The molecule has 0 radical (unpaired) electrons. The molecule has 1 fully saturated rings. The van der Waals surface area contributed by atoms with E-state index in [1.165, 1.54) is 0 Å². The van der Waals surface area contributed by atoms with E-state index in [4.69, 9.17) is 18.9 Å². The van der Waals surface area contributed by atoms with Gasteiger partial charge in [-0.25, -0.2) is 0 Å². The molecule has 2 unspecified atom stereocenters. The standard InChI is InChI=1S/C25H32N2O6/c1-17-24(29)19-8-9-23(31-3)25(20(19)16-32-17)33-15-18(28)14-26-10-12-27(13-11-26)21-6-4-5-7-22(21)30-2/h4-9,17-18,28H,10-16H2,1-3H3. The molecule has 2 aromatic carbocycles. The number of carbonyl (C=O) groups is 1. The summed E-state index contributed by atoms with van der Waals surface area (Å²) in [4.78, 5) is 17.0. The summed E-state index contributed by atoms with van der Waals surface area (Å²) in [5.41, 5.74) is 2.36. The Morgan fingerprint density at radius 2 is 1.79 bits per heavy atom. The zero-order valence-electron chi connectivity index (χ0n) is 19.5. The number of piperazine rings is 1. The van der Waals surface area contributed by atoms with Crippen molar-refractivity contribution in [2.24, 2.45) is 0 Å². The van der Waals surface area contributed by atoms with Gasteiger partial charge in [0.05, 0.1) is 26.5 Å². The second kappa shape index (κ2) is 10.4. The van der Waals surface area contributed by atoms with Crippen molar-refractivity contribution in [1.29, 1.82) is 0 Å². The largest absolute Gasteiger partial charge is 0.495 e. The normalized spacial score (nSPS) is 19.7. The van der Waals surface area contributed by atoms with Crippen LogP contribution in [0.15, 0.2) is 36.4 Å². The summed E-state index contributed by atoms with van der Waals surface area (Å²) in [5, 5.41) is 10.7. The van der Waals surface area contributed by atoms with Gasteiger partial charge in [-0.1, -0.05) is 12.1 Å². The van der Waals surface area contributed by atoms with E-state index in [1.54, 1.807) is 33.3 Å². The Labute approximate surface area is 194 Å². The van der Waals surface area contributed by atoms with E-state index >= 15 is 0 Å². The van der Waals surface area contributed by atoms with Crippen LogP contribution in [0.5, 0.6) is 17.2 Å². The highest BCUT2D eigenvalue weighted by molar-refractivity contribution is 6.02. The third kappa shape index (κ3) is 5.08. The zero-order chi connectivity index (χ0) is 23.4. The van der Waals surface area contributed by atoms with Crippen molar-refractivity contribution < 1.29 is 28.8 Å². The van der Waals surface area contributed by atoms with Crippen molar-refractivity contribution in [2.45, 2.75) is 25.7 Å². The molecule has 2 aliphatic heterocycles. The molecule has 0 saturated carbocycles. The number of benzene rings is 2. The summed E-state index contributed by atoms with van der Waals surface area (Å²) in [6.45, 7) is 5.99. The summed E-state index contributed by atoms with van der Waals surface area (Å²) in [5.74, 6) is 1.79. The lowest BCUT2D eigenvalue weighted by Crippen LogP contribution is -2.49. The van der Waals surface area contributed by atoms with Crippen LogP contribution in [0.25, 0.3) is 0 Å². The highest BCUT2D eigenvalue weighted by Gasteiger charge is 2.29. The number of rotatable bonds is 8. The Morgan fingerprint density at radius 1 is 1.06 bits per heavy atom. The number of anilines is 1. The van der Waals surface area contributed by atoms with Crippen LogP contribution in [-0.2, 0) is 11.3 Å². The Balaban J connectivity index is 1.33. The van der Waals surface area contributed by atoms with Crippen LogP contribution >= 0.6 is 0 Å². The summed E-state index contributed by atoms with van der Waals surface area (Å²) in [6, 6.07) is 11.5. The van der Waals surface area contributed by atoms with Gasteiger partial charge < -0.3 is 29.0 Å². The monoisotopic (exact) mass is 456 g/mol. The van der Waals surface area contributed by atoms with E-state index in [2.05, 4.69) is 15.9 Å². The van der Waals surface area contributed by atoms with Crippen molar-refractivity contribution in [3.63, 3.8) is 0 Å². The van der Waals surface area contributed by atoms with Gasteiger partial charge >= 0.3 is 0 Å². The van der Waals surface area contributed by atoms with Crippen LogP contribution in [0.4, 0.5) is 5.69 Å². The second-order valence-electron chi connectivity index (χ2n) is 8.36. The van der Waals surface area contributed by atoms with Gasteiger partial charge in [0.15, 0.2) is 17.3 Å². The first-order valence-corrected chi connectivity index (χ1v) is 11.3. The van der Waals surface area contributed by atoms with Gasteiger partial charge in [0.25, 0.3) is 0 Å². The molecule has 8 nitrogen and oxygen atoms in total. The number of ketones is 1. The molecule has 0 aromatic heterocycles. The Kier molecular flexibility index (Phi) is 7.37. The van der Waals surface area contributed by atoms with Gasteiger partial charge in [-0.3, -0.25) is 9.69 Å². The lowest BCUT2D eigenvalue weighted by molar-refractivity contribution is 0.0308. The lowest BCUT2D eigenvalue weighted by Gasteiger charge is -2.37. The fraction of sp³-hybridized carbons (Fsp3) is 0.480. The van der Waals surface area contributed by atoms with Gasteiger partial charge in [0, 0.05) is 43.9 Å². The van der Waals surface area contributed by atoms with Crippen LogP contribution in [0.2, 0.25) is 0 Å². The molecular formula is C25H32N2O6. The van der Waals surface area contributed by atoms with E-state index in [-0.39, 0.29) is 19.0 Å². The number of aliphatic hydroxyl groups excluding tert-OH is 1. The van der Waals surface area contributed by atoms with E-state index in [9.17, 15) is 9.90 Å². The highest BCUT2D eigenvalue weighted by atomic mass is 16.5. The average molecular weight is 457 g/mol. The van der Waals surface area contributed by atoms with Crippen LogP contribution in [0.1, 0.15) is 22.8 Å². The predicted molar refractivity (Wildman–Crippen MR) is 125 cm³/mol. The number of β-amino-alcohol motifs (C(OH)–C–C–N with tert-alkyl or cyclic N) is 1. The van der Waals surface area contributed by atoms with Crippen molar-refractivity contribution in [1.82, 2.24) is 4.90 Å². The summed E-state index contributed by atoms with van der Waals surface area (Å²) in [7, 11) is 3.24. The second-order valence-corrected chi connectivity index (χ2v) is 8.36. The Bertz CT molecular complexity index is 973. The van der Waals surface area contributed by atoms with Crippen molar-refractivity contribution in [2.75, 3.05) is 58.5 Å². The number of methoxy groups -OCH3 is 2. The molecule has 0 bridgehead atoms. The number of ether oxygens (including phenoxy) is 4. The van der Waals surface area contributed by atoms with Crippen LogP contribution < -0.4 is 19.1 Å². The van der Waals surface area contributed by atoms with E-state index in [0.717, 1.165) is 37.6 Å². The lowest BCUT2D eigenvalue weighted by atomic mass is 9.97. The minimum Gasteiger partial charge on any atom is -0.495 e. The fourth-order valence-electron chi connectivity index (χ4n) is 4.40. The topological polar surface area (TPSA) is 80.7 Å². The molecule has 8 heteroatoms. The quantitative estimate of drug-likeness (QED) is 0.649. The maximum Gasteiger partial charge on any atom is 0.191 e. The van der Waals surface area contributed by atoms with Crippen molar-refractivity contribution in [3.8, 4) is 17.2 Å². The van der Waals surface area contributed by atoms with Crippen LogP contribution in [-0.4, -0.2) is 81.5 Å². The molecule has 0 aliphatic carbocycles. The number of Topliss-reactive ketones (excluding diaryl/α,β-unsaturated/α-hetero) is 1. The van der Waals surface area contributed by atoms with Gasteiger partial charge in [-0.05, 0) is 31.2 Å². The van der Waals surface area contributed by atoms with Gasteiger partial charge in [0.1, 0.15) is 24.6 Å². The van der Waals surface area contributed by atoms with Gasteiger partial charge in [0.2, 0.25) is 0 Å². The van der Waals surface area contributed by atoms with Crippen molar-refractivity contribution >= 4 is 11.5 Å². The maximum absolute atomic E-state index is 12.4. The van der Waals surface area contributed by atoms with Crippen molar-refractivity contribution in [3.05, 3.63) is 47.5 Å². The minimum atomic E-state index is -0.678. The first-order valence-electron chi connectivity index (χ1n) is 11.3. The SMILES string of the molecule is COc1ccccc1N1CCN(CC(O)COc2c(OC)ccc3c2COC(C)C3=O)CC1. The fourth-order valence-corrected chi connectivity index (χ4v) is 4.40. The Hall–Kier alpha value is -2.81. The van der Waals surface area contributed by atoms with E-state index < -0.39 is 12.2 Å². The molecule has 33 heavy (non-hydrogen) atoms. The molecule has 2 aliphatic rings. The molecule has 0 spiro atoms. The third-order valence-corrected chi connectivity index (χ3v) is 6.24. The summed E-state index contributed by atoms with van der Waals surface area (Å²) < 4.78 is 22.5. The smallest absolute Gasteiger partial charge is 0.191 e. The number of nitrogens with zero attached hydrogens (tertiary/aromatic N) is 2. The van der Waals surface area contributed by atoms with Crippen LogP contribution in [0, 0.1) is 0 Å². The highest BCUT2D eigenvalue weighted by Crippen LogP contribution is 2.37. The number of carbonyl (C=O) groups excluding carboxylic acids is 1. The first-order chi connectivity index (χ1) is 16.0. The van der Waals surface area contributed by atoms with Gasteiger partial charge in [-0.2, -0.15) is 0 Å². The molecule has 2 atom stereocenters. The summed E-state index contributed by atoms with van der Waals surface area (Å²) >= 11 is 0. The molecule has 1 N–H and O–H groups in total. The van der Waals surface area contributed by atoms with Gasteiger partial charge in [-0.15, -0.1) is 0 Å². The molecular weight excluding hydrogens is 424 g/mol. The number of para-hydroxylation sites is 2. The molecule has 1 saturated heterocycles. The first kappa shape index (κ1) is 23.4. The number of hydrogen-bond donors (Lipinski definition) is 1. The van der Waals surface area contributed by atoms with E-state index in [1.807, 2.05) is 18.2 Å². The minimum absolute atomic E-state index is 0.0720. The molecule has 2 aromatic rings. The number of fused-ring (bicyclic) bond motifs is 1. The molecule has 4 rings (SSSR count). The summed E-state index contributed by atoms with van der Waals surface area (Å²) in [6.07, 6.45) is -1.15. The predicted octanol–water partition coefficient (Wildman–Crippen LogP) is 2.37. The Morgan fingerprint density at radius 3 is 2.52 bits per heavy atom. The number of hydrogen-bond acceptors (Lipinski definition) is 8. The molecule has 178 valence electrons. The average Bonchev–Trinajstić information content (AvgIpc) is 2.85. The third-order valence-electron chi connectivity index (χ3n) is 6.24.